The van der Waals surface area contributed by atoms with E-state index in [9.17, 15) is 47.3 Å². The molecule has 1 unspecified atom stereocenters. The van der Waals surface area contributed by atoms with Crippen molar-refractivity contribution in [2.75, 3.05) is 12.7 Å². The van der Waals surface area contributed by atoms with Crippen LogP contribution in [0.4, 0.5) is 47.3 Å². The molecule has 24 heavy (non-hydrogen) atoms. The van der Waals surface area contributed by atoms with Crippen LogP contribution in [0.1, 0.15) is 0 Å². The van der Waals surface area contributed by atoms with Crippen molar-refractivity contribution in [1.82, 2.24) is 0 Å². The summed E-state index contributed by atoms with van der Waals surface area (Å²) in [6.45, 7) is -3.23. The lowest BCUT2D eigenvalue weighted by atomic mass is 10.7. The highest BCUT2D eigenvalue weighted by atomic mass is 35.5. The van der Waals surface area contributed by atoms with Gasteiger partial charge < -0.3 is 4.74 Å². The number of halogens is 13. The molecule has 1 atom stereocenters. The van der Waals surface area contributed by atoms with Gasteiger partial charge in [0, 0.05) is 10.8 Å². The smallest absolute Gasteiger partial charge is 0.305 e. The summed E-state index contributed by atoms with van der Waals surface area (Å²) in [5, 5.41) is 0. The van der Waals surface area contributed by atoms with Crippen molar-refractivity contribution in [3.05, 3.63) is 0 Å². The number of hydrogen-bond acceptors (Lipinski definition) is 4. The van der Waals surface area contributed by atoms with E-state index in [0.29, 0.717) is 0 Å². The van der Waals surface area contributed by atoms with E-state index >= 15 is 0 Å². The van der Waals surface area contributed by atoms with E-state index in [1.807, 2.05) is 0 Å². The highest BCUT2D eigenvalue weighted by Crippen LogP contribution is 3.15. The topological polar surface area (TPSA) is 18.5 Å². The van der Waals surface area contributed by atoms with Crippen LogP contribution < -0.4 is 0 Å². The molecule has 0 spiro atoms. The predicted molar refractivity (Wildman–Crippen MR) is 70.6 cm³/mol. The van der Waals surface area contributed by atoms with Crippen molar-refractivity contribution < 1.29 is 56.2 Å². The second-order valence-corrected chi connectivity index (χ2v) is 14.5. The van der Waals surface area contributed by atoms with Gasteiger partial charge >= 0.3 is 16.3 Å². The zero-order valence-electron chi connectivity index (χ0n) is 10.4. The molecule has 0 bridgehead atoms. The molecule has 0 radical (unpaired) electrons. The maximum absolute atomic E-state index is 14.9. The number of hydrogen-bond donors (Lipinski definition) is 0. The van der Waals surface area contributed by atoms with Gasteiger partial charge in [0.1, 0.15) is 6.07 Å². The Labute approximate surface area is 143 Å². The molecule has 0 aromatic carbocycles. The van der Waals surface area contributed by atoms with Crippen LogP contribution in [0, 0.1) is 0 Å². The Balaban J connectivity index is 6.54. The van der Waals surface area contributed by atoms with E-state index in [0.717, 1.165) is 0 Å². The van der Waals surface area contributed by atoms with E-state index in [1.165, 1.54) is 0 Å². The Bertz CT molecular complexity index is 468. The van der Waals surface area contributed by atoms with Crippen molar-refractivity contribution in [3.8, 4) is 0 Å². The number of ether oxygens (including phenoxy) is 1. The molecule has 0 rings (SSSR count). The molecule has 150 valence electrons. The van der Waals surface area contributed by atoms with Gasteiger partial charge in [0.2, 0.25) is 0 Å². The Morgan fingerprint density at radius 1 is 1.00 bits per heavy atom. The maximum Gasteiger partial charge on any atom is 0.456 e. The van der Waals surface area contributed by atoms with E-state index in [2.05, 4.69) is 32.1 Å². The van der Waals surface area contributed by atoms with E-state index in [4.69, 9.17) is 0 Å². The van der Waals surface area contributed by atoms with Crippen LogP contribution in [0.25, 0.3) is 0 Å². The van der Waals surface area contributed by atoms with Crippen molar-refractivity contribution in [2.24, 2.45) is 0 Å². The maximum atomic E-state index is 14.9. The lowest BCUT2D eigenvalue weighted by Crippen LogP contribution is -2.45. The molecule has 0 amide bonds. The number of rotatable bonds is 8. The normalized spacial score (nSPS) is 19.8. The largest absolute Gasteiger partial charge is 0.456 e. The zero-order chi connectivity index (χ0) is 19.7. The van der Waals surface area contributed by atoms with Crippen molar-refractivity contribution in [2.45, 2.75) is 22.1 Å². The van der Waals surface area contributed by atoms with Gasteiger partial charge in [-0.1, -0.05) is 11.6 Å². The minimum absolute atomic E-state index is 1.72. The third-order valence-corrected chi connectivity index (χ3v) is 12.6. The summed E-state index contributed by atoms with van der Waals surface area (Å²) in [5.74, 6) is -4.53. The van der Waals surface area contributed by atoms with Gasteiger partial charge in [-0.05, 0) is 11.6 Å². The molecule has 2 nitrogen and oxygen atoms in total. The molecule has 0 N–H and O–H groups in total. The summed E-state index contributed by atoms with van der Waals surface area (Å²) in [7, 11) is -15.1. The Kier molecular flexibility index (Phi) is 6.96. The first-order chi connectivity index (χ1) is 10.2. The van der Waals surface area contributed by atoms with Gasteiger partial charge in [0.25, 0.3) is 5.76 Å². The monoisotopic (exact) mass is 484 g/mol. The van der Waals surface area contributed by atoms with Crippen LogP contribution >= 0.6 is 52.2 Å². The summed E-state index contributed by atoms with van der Waals surface area (Å²) < 4.78 is 143. The fourth-order valence-electron chi connectivity index (χ4n) is 0.960. The van der Waals surface area contributed by atoms with Crippen LogP contribution in [0.2, 0.25) is 0 Å². The molecular formula is C6H5Cl2F11O2S3. The second kappa shape index (κ2) is 6.74. The van der Waals surface area contributed by atoms with Crippen LogP contribution in [0.5, 0.6) is 0 Å². The Hall–Kier alpha value is 0.780. The van der Waals surface area contributed by atoms with E-state index < -0.39 is 63.8 Å². The lowest BCUT2D eigenvalue weighted by molar-refractivity contribution is -0.156. The molecule has 0 heterocycles. The molecule has 18 heteroatoms. The summed E-state index contributed by atoms with van der Waals surface area (Å²) in [4.78, 5) is 0. The Morgan fingerprint density at radius 2 is 1.46 bits per heavy atom. The molecule has 0 saturated heterocycles. The summed E-state index contributed by atoms with van der Waals surface area (Å²) in [6, 6.07) is -1.72. The minimum atomic E-state index is -9.79. The fourth-order valence-corrected chi connectivity index (χ4v) is 9.18. The van der Waals surface area contributed by atoms with Gasteiger partial charge in [-0.2, -0.15) is 39.5 Å². The first-order valence-corrected chi connectivity index (χ1v) is 10.6. The standard InChI is InChI=1S/C6H5Cl2F11O2S3/c7-2-20-5(8,14)24(18,19,22-3(9)10,23-6(15,16)17)21-1-4(11,12)13/h3H,1-2H2. The van der Waals surface area contributed by atoms with E-state index in [1.54, 1.807) is 0 Å². The van der Waals surface area contributed by atoms with Crippen LogP contribution in [0.15, 0.2) is 0 Å². The summed E-state index contributed by atoms with van der Waals surface area (Å²) in [6.07, 6.45) is -5.74. The first-order valence-electron chi connectivity index (χ1n) is 4.80. The number of alkyl halides is 11. The van der Waals surface area contributed by atoms with Crippen LogP contribution in [-0.2, 0) is 8.92 Å². The molecule has 0 aliphatic heterocycles. The summed E-state index contributed by atoms with van der Waals surface area (Å²) in [5.41, 5.74) is -6.25. The minimum Gasteiger partial charge on any atom is -0.305 e. The van der Waals surface area contributed by atoms with Crippen LogP contribution in [0.3, 0.4) is 0 Å². The van der Waals surface area contributed by atoms with Gasteiger partial charge in [-0.3, -0.25) is 4.18 Å². The first kappa shape index (κ1) is 24.8. The molecule has 0 aromatic heterocycles. The predicted octanol–water partition coefficient (Wildman–Crippen LogP) is 7.20. The fraction of sp³-hybridized carbons (Fsp3) is 1.00. The second-order valence-electron chi connectivity index (χ2n) is 3.52. The van der Waals surface area contributed by atoms with Crippen molar-refractivity contribution in [3.63, 3.8) is 0 Å². The van der Waals surface area contributed by atoms with E-state index in [-0.39, 0.29) is 0 Å². The van der Waals surface area contributed by atoms with Crippen molar-refractivity contribution >= 4 is 52.2 Å². The SMILES string of the molecule is FC(F)SS(F)(F)(OCC(F)(F)F)(SC(F)(F)F)C(F)(Cl)OCCl. The van der Waals surface area contributed by atoms with Crippen LogP contribution in [-0.4, -0.2) is 34.8 Å². The lowest BCUT2D eigenvalue weighted by Gasteiger charge is -2.64. The van der Waals surface area contributed by atoms with Gasteiger partial charge in [-0.25, -0.2) is 0 Å². The van der Waals surface area contributed by atoms with Crippen molar-refractivity contribution in [1.29, 1.82) is 0 Å². The van der Waals surface area contributed by atoms with Gasteiger partial charge in [0.15, 0.2) is 14.0 Å². The Morgan fingerprint density at radius 3 is 1.75 bits per heavy atom. The highest BCUT2D eigenvalue weighted by molar-refractivity contribution is 9.36. The molecule has 0 aliphatic rings. The van der Waals surface area contributed by atoms with Gasteiger partial charge in [-0.15, -0.1) is 7.77 Å². The molecule has 0 fully saturated rings. The zero-order valence-corrected chi connectivity index (χ0v) is 14.4. The molecule has 0 aromatic rings. The molecular weight excluding hydrogens is 480 g/mol. The third kappa shape index (κ3) is 5.64. The molecule has 0 aliphatic carbocycles. The quantitative estimate of drug-likeness (QED) is 0.206. The third-order valence-electron chi connectivity index (χ3n) is 1.70. The average molecular weight is 485 g/mol. The molecule has 0 saturated carbocycles. The summed E-state index contributed by atoms with van der Waals surface area (Å²) >= 11 is 9.17. The highest BCUT2D eigenvalue weighted by Gasteiger charge is 2.86. The average Bonchev–Trinajstić information content (AvgIpc) is 2.21. The van der Waals surface area contributed by atoms with Gasteiger partial charge in [0.05, 0.1) is 10.8 Å².